The number of hydrogen-bond donors (Lipinski definition) is 4. The predicted molar refractivity (Wildman–Crippen MR) is 546 cm³/mol. The number of phosphoric acid groups is 2. The first-order valence-corrected chi connectivity index (χ1v) is 55.4. The van der Waals surface area contributed by atoms with Gasteiger partial charge in [-0.2, -0.15) is 0 Å². The van der Waals surface area contributed by atoms with E-state index >= 15 is 0 Å². The lowest BCUT2D eigenvalue weighted by Crippen LogP contribution is -2.30. The van der Waals surface area contributed by atoms with Gasteiger partial charge in [-0.25, -0.2) is 9.13 Å². The zero-order valence-electron chi connectivity index (χ0n) is 82.3. The Bertz CT molecular complexity index is 3030. The molecule has 16 nitrogen and oxygen atoms in total. The third-order valence-corrected chi connectivity index (χ3v) is 24.3. The van der Waals surface area contributed by atoms with Crippen LogP contribution in [0.3, 0.4) is 0 Å². The number of hydrogen-bond acceptors (Lipinski definition) is 14. The van der Waals surface area contributed by atoms with Crippen LogP contribution >= 0.6 is 15.6 Å². The monoisotopic (exact) mass is 1840 g/mol. The number of ether oxygens (including phenoxy) is 3. The summed E-state index contributed by atoms with van der Waals surface area (Å²) in [5.41, 5.74) is 0. The molecule has 0 aliphatic carbocycles. The molecule has 0 aliphatic rings. The van der Waals surface area contributed by atoms with E-state index in [2.05, 4.69) is 191 Å². The summed E-state index contributed by atoms with van der Waals surface area (Å²) in [5, 5.41) is 20.8. The van der Waals surface area contributed by atoms with Gasteiger partial charge in [0.15, 0.2) is 6.10 Å². The highest BCUT2D eigenvalue weighted by atomic mass is 31.2. The van der Waals surface area contributed by atoms with Crippen molar-refractivity contribution in [2.24, 2.45) is 0 Å². The van der Waals surface area contributed by atoms with E-state index in [4.69, 9.17) is 32.3 Å². The molecule has 0 bridgehead atoms. The summed E-state index contributed by atoms with van der Waals surface area (Å²) in [5.74, 6) is -1.56. The maximum atomic E-state index is 13.1. The first kappa shape index (κ1) is 124. The van der Waals surface area contributed by atoms with E-state index in [1.54, 1.807) is 0 Å². The van der Waals surface area contributed by atoms with Crippen LogP contribution in [-0.4, -0.2) is 95.9 Å². The Labute approximate surface area is 790 Å². The van der Waals surface area contributed by atoms with Gasteiger partial charge in [0.2, 0.25) is 0 Å². The second-order valence-corrected chi connectivity index (χ2v) is 37.9. The van der Waals surface area contributed by atoms with Crippen molar-refractivity contribution in [1.82, 2.24) is 0 Å². The Balaban J connectivity index is 4.62. The molecule has 0 aromatic rings. The third-order valence-electron chi connectivity index (χ3n) is 22.4. The van der Waals surface area contributed by atoms with E-state index < -0.39 is 91.5 Å². The fourth-order valence-electron chi connectivity index (χ4n) is 14.5. The van der Waals surface area contributed by atoms with E-state index in [1.807, 2.05) is 0 Å². The van der Waals surface area contributed by atoms with E-state index in [1.165, 1.54) is 250 Å². The minimum absolute atomic E-state index is 0.0955. The van der Waals surface area contributed by atoms with Crippen LogP contribution in [0.4, 0.5) is 0 Å². The van der Waals surface area contributed by atoms with Crippen LogP contribution in [0, 0.1) is 0 Å². The molecule has 5 atom stereocenters. The van der Waals surface area contributed by atoms with Gasteiger partial charge in [-0.1, -0.05) is 448 Å². The Morgan fingerprint density at radius 1 is 0.225 bits per heavy atom. The average Bonchev–Trinajstić information content (AvgIpc) is 0.899. The van der Waals surface area contributed by atoms with Crippen molar-refractivity contribution in [3.05, 3.63) is 170 Å². The van der Waals surface area contributed by atoms with Crippen LogP contribution in [0.1, 0.15) is 457 Å². The van der Waals surface area contributed by atoms with E-state index in [0.29, 0.717) is 19.3 Å². The van der Waals surface area contributed by atoms with Gasteiger partial charge in [-0.3, -0.25) is 32.5 Å². The summed E-state index contributed by atoms with van der Waals surface area (Å²) in [4.78, 5) is 59.3. The Hall–Kier alpha value is -5.09. The van der Waals surface area contributed by atoms with Crippen molar-refractivity contribution < 1.29 is 75.8 Å². The van der Waals surface area contributed by atoms with Crippen LogP contribution in [0.25, 0.3) is 0 Å². The van der Waals surface area contributed by atoms with Gasteiger partial charge < -0.3 is 34.2 Å². The van der Waals surface area contributed by atoms with Crippen LogP contribution in [0.15, 0.2) is 170 Å². The lowest BCUT2D eigenvalue weighted by molar-refractivity contribution is -0.161. The van der Waals surface area contributed by atoms with Crippen molar-refractivity contribution in [2.75, 3.05) is 39.6 Å². The molecule has 0 radical (unpaired) electrons. The lowest BCUT2D eigenvalue weighted by Gasteiger charge is -2.21. The van der Waals surface area contributed by atoms with Crippen LogP contribution in [0.2, 0.25) is 0 Å². The van der Waals surface area contributed by atoms with Gasteiger partial charge >= 0.3 is 33.6 Å². The third kappa shape index (κ3) is 103. The molecule has 0 spiro atoms. The standard InChI is InChI=1S/C111H192O16P2/c1-4-7-10-13-16-19-22-25-28-31-34-37-40-43-46-49-51-52-54-57-58-61-64-67-70-73-76-79-82-85-88-91-94-97-109(114)121-100-106(112)101-123-128(117,118)124-102-107(113)103-125-129(119,120)126-105-108(127-111(116)99-96-93-90-87-84-81-78-75-72-69-66-63-60-55-48-45-42-39-36-33-30-27-24-21-18-15-12-9-6-3)104-122-110(115)98-95-92-89-86-83-80-77-74-71-68-65-62-59-56-53-50-47-44-41-38-35-32-29-26-23-20-17-14-11-8-5-2/h9,12,16-21,25-30,34-39,43-48,60,63,106-108,112-113H,4-8,10-11,13-15,22-24,31-33,40-42,49-59,61-62,64-105H2,1-3H3,(H,117,118)(H,119,120)/b12-9-,19-16-,20-17-,21-18-,28-25-,29-26-,30-27-,37-34-,38-35-,39-36-,46-43-,47-44-,48-45-,63-60-. The number of aliphatic hydroxyl groups is 2. The van der Waals surface area contributed by atoms with Crippen LogP contribution in [0.5, 0.6) is 0 Å². The first-order chi connectivity index (χ1) is 63.2. The summed E-state index contributed by atoms with van der Waals surface area (Å²) in [6, 6.07) is 0. The van der Waals surface area contributed by atoms with Crippen molar-refractivity contribution in [3.8, 4) is 0 Å². The van der Waals surface area contributed by atoms with Gasteiger partial charge in [0, 0.05) is 19.3 Å². The molecular weight excluding hydrogens is 1650 g/mol. The highest BCUT2D eigenvalue weighted by molar-refractivity contribution is 7.47. The smallest absolute Gasteiger partial charge is 0.463 e. The summed E-state index contributed by atoms with van der Waals surface area (Å²) in [6.45, 7) is 2.59. The second-order valence-electron chi connectivity index (χ2n) is 35.0. The first-order valence-electron chi connectivity index (χ1n) is 52.4. The molecule has 0 saturated heterocycles. The van der Waals surface area contributed by atoms with Crippen molar-refractivity contribution in [3.63, 3.8) is 0 Å². The molecule has 0 aromatic heterocycles. The number of rotatable bonds is 99. The fourth-order valence-corrected chi connectivity index (χ4v) is 16.1. The summed E-state index contributed by atoms with van der Waals surface area (Å²) >= 11 is 0. The maximum Gasteiger partial charge on any atom is 0.472 e. The number of phosphoric ester groups is 2. The predicted octanol–water partition coefficient (Wildman–Crippen LogP) is 33.3. The second kappa shape index (κ2) is 102. The molecule has 0 heterocycles. The summed E-state index contributed by atoms with van der Waals surface area (Å²) < 4.78 is 61.7. The van der Waals surface area contributed by atoms with E-state index in [0.717, 1.165) is 148 Å². The minimum atomic E-state index is -4.95. The number of allylic oxidation sites excluding steroid dienone is 28. The summed E-state index contributed by atoms with van der Waals surface area (Å²) in [6.07, 6.45) is 134. The van der Waals surface area contributed by atoms with Gasteiger partial charge in [-0.15, -0.1) is 0 Å². The number of unbranched alkanes of at least 4 members (excludes halogenated alkanes) is 48. The number of carbonyl (C=O) groups is 3. The fraction of sp³-hybridized carbons (Fsp3) is 0.721. The SMILES string of the molecule is CC/C=C\C/C=C\C/C=C\C/C=C\C/C=C\C/C=C\CCCCCCCCCCCCC(=O)OC(COC(=O)CCCCCCCCCCCCCCCCC/C=C\C/C=C\C/C=C\C/C=C\CCCCC)COP(=O)(O)OCC(O)COP(=O)(O)OCC(O)COC(=O)CCCCCCCCCCCCCCCCCCC/C=C\C/C=C\C/C=C\C/C=C\CCCCC. The van der Waals surface area contributed by atoms with Crippen molar-refractivity contribution in [1.29, 1.82) is 0 Å². The van der Waals surface area contributed by atoms with Gasteiger partial charge in [0.25, 0.3) is 0 Å². The molecule has 5 unspecified atom stereocenters. The molecule has 0 saturated carbocycles. The Morgan fingerprint density at radius 2 is 0.411 bits per heavy atom. The zero-order valence-corrected chi connectivity index (χ0v) is 84.1. The minimum Gasteiger partial charge on any atom is -0.463 e. The van der Waals surface area contributed by atoms with Crippen LogP contribution < -0.4 is 0 Å². The van der Waals surface area contributed by atoms with Gasteiger partial charge in [-0.05, 0) is 161 Å². The molecule has 18 heteroatoms. The summed E-state index contributed by atoms with van der Waals surface area (Å²) in [7, 11) is -9.82. The van der Waals surface area contributed by atoms with E-state index in [9.17, 15) is 43.5 Å². The molecule has 129 heavy (non-hydrogen) atoms. The molecule has 0 amide bonds. The Kier molecular flexibility index (Phi) is 97.8. The van der Waals surface area contributed by atoms with E-state index in [-0.39, 0.29) is 19.3 Å². The largest absolute Gasteiger partial charge is 0.472 e. The van der Waals surface area contributed by atoms with Gasteiger partial charge in [0.05, 0.1) is 26.4 Å². The molecular formula is C111H192O16P2. The van der Waals surface area contributed by atoms with Crippen LogP contribution in [-0.2, 0) is 55.8 Å². The Morgan fingerprint density at radius 3 is 0.651 bits per heavy atom. The molecule has 4 N–H and O–H groups in total. The van der Waals surface area contributed by atoms with Crippen molar-refractivity contribution in [2.45, 2.75) is 476 Å². The molecule has 0 aliphatic heterocycles. The normalized spacial score (nSPS) is 14.3. The topological polar surface area (TPSA) is 231 Å². The highest BCUT2D eigenvalue weighted by Gasteiger charge is 2.30. The van der Waals surface area contributed by atoms with Crippen molar-refractivity contribution >= 4 is 33.6 Å². The quantitative estimate of drug-likeness (QED) is 0.0146. The molecule has 0 fully saturated rings. The zero-order chi connectivity index (χ0) is 93.5. The number of esters is 3. The molecule has 742 valence electrons. The average molecular weight is 1840 g/mol. The maximum absolute atomic E-state index is 13.1. The highest BCUT2D eigenvalue weighted by Crippen LogP contribution is 2.45. The van der Waals surface area contributed by atoms with Gasteiger partial charge in [0.1, 0.15) is 25.4 Å². The number of aliphatic hydroxyl groups excluding tert-OH is 2. The number of carbonyl (C=O) groups excluding carboxylic acids is 3. The lowest BCUT2D eigenvalue weighted by atomic mass is 10.0. The molecule has 0 rings (SSSR count). The molecule has 0 aromatic carbocycles.